The number of aryl methyl sites for hydroxylation is 1. The van der Waals surface area contributed by atoms with Gasteiger partial charge in [0.1, 0.15) is 24.1 Å². The molecule has 44 heavy (non-hydrogen) atoms. The zero-order chi connectivity index (χ0) is 31.9. The third kappa shape index (κ3) is 9.01. The van der Waals surface area contributed by atoms with Crippen molar-refractivity contribution < 1.29 is 28.5 Å². The minimum Gasteiger partial charge on any atom is -0.474 e. The van der Waals surface area contributed by atoms with Gasteiger partial charge < -0.3 is 29.2 Å². The molecule has 13 heteroatoms. The number of hydrogen-bond acceptors (Lipinski definition) is 7. The average Bonchev–Trinajstić information content (AvgIpc) is 3.28. The number of nitrogens with zero attached hydrogens (tertiary/aromatic N) is 3. The number of hydrogen-bond donors (Lipinski definition) is 2. The number of methoxy groups -OCH3 is 1. The predicted octanol–water partition coefficient (Wildman–Crippen LogP) is 6.73. The van der Waals surface area contributed by atoms with E-state index in [0.717, 1.165) is 17.7 Å². The smallest absolute Gasteiger partial charge is 0.410 e. The van der Waals surface area contributed by atoms with E-state index < -0.39 is 17.7 Å². The highest BCUT2D eigenvalue weighted by Crippen LogP contribution is 2.32. The Kier molecular flexibility index (Phi) is 11.4. The van der Waals surface area contributed by atoms with Gasteiger partial charge in [0, 0.05) is 25.9 Å². The lowest BCUT2D eigenvalue weighted by atomic mass is 10.1. The van der Waals surface area contributed by atoms with Crippen molar-refractivity contribution in [3.8, 4) is 11.6 Å². The molecule has 1 saturated heterocycles. The van der Waals surface area contributed by atoms with Crippen LogP contribution in [0.25, 0.3) is 5.69 Å². The quantitative estimate of drug-likeness (QED) is 0.235. The lowest BCUT2D eigenvalue weighted by Crippen LogP contribution is -2.49. The van der Waals surface area contributed by atoms with Crippen molar-refractivity contribution >= 4 is 46.8 Å². The van der Waals surface area contributed by atoms with Gasteiger partial charge in [0.25, 0.3) is 0 Å². The van der Waals surface area contributed by atoms with Crippen LogP contribution in [0.1, 0.15) is 38.3 Å². The fourth-order valence-electron chi connectivity index (χ4n) is 4.58. The fraction of sp³-hybridized carbons (Fsp3) is 0.452. The van der Waals surface area contributed by atoms with Crippen molar-refractivity contribution in [2.75, 3.05) is 50.7 Å². The molecule has 2 heterocycles. The second-order valence-electron chi connectivity index (χ2n) is 11.4. The number of rotatable bonds is 10. The van der Waals surface area contributed by atoms with Crippen LogP contribution in [0.15, 0.2) is 42.5 Å². The number of morpholine rings is 1. The summed E-state index contributed by atoms with van der Waals surface area (Å²) in [7, 11) is 1.64. The predicted molar refractivity (Wildman–Crippen MR) is 171 cm³/mol. The van der Waals surface area contributed by atoms with E-state index in [2.05, 4.69) is 15.7 Å². The van der Waals surface area contributed by atoms with Gasteiger partial charge >= 0.3 is 12.1 Å². The molecule has 0 unspecified atom stereocenters. The number of para-hydroxylation sites is 1. The molecule has 1 atom stereocenters. The van der Waals surface area contributed by atoms with Crippen LogP contribution in [0.2, 0.25) is 10.0 Å². The lowest BCUT2D eigenvalue weighted by molar-refractivity contribution is -0.0562. The first-order valence-electron chi connectivity index (χ1n) is 14.4. The third-order valence-electron chi connectivity index (χ3n) is 6.70. The standard InChI is InChI=1S/C31H39Cl2N5O6/c1-20-27(35-29(39)34-26-17-25(33)24(32)16-21(26)10-9-14-41-5)38(22-11-7-6-8-12-22)36-28(20)43-19-23-18-37(13-15-42-23)30(40)44-31(2,3)4/h6-8,11-12,16-17,23H,9-10,13-15,18-19H2,1-5H3,(H2,34,35,39)/t23-/m0/s1. The number of carbonyl (C=O) groups excluding carboxylic acids is 2. The minimum absolute atomic E-state index is 0.145. The zero-order valence-electron chi connectivity index (χ0n) is 25.6. The van der Waals surface area contributed by atoms with Crippen LogP contribution in [0.3, 0.4) is 0 Å². The number of carbonyl (C=O) groups is 2. The van der Waals surface area contributed by atoms with Gasteiger partial charge in [-0.15, -0.1) is 5.10 Å². The largest absolute Gasteiger partial charge is 0.474 e. The van der Waals surface area contributed by atoms with Crippen molar-refractivity contribution in [1.29, 1.82) is 0 Å². The molecule has 1 aromatic heterocycles. The topological polar surface area (TPSA) is 116 Å². The van der Waals surface area contributed by atoms with Crippen LogP contribution in [-0.2, 0) is 20.6 Å². The molecular weight excluding hydrogens is 609 g/mol. The number of nitrogens with one attached hydrogen (secondary N) is 2. The second kappa shape index (κ2) is 15.0. The summed E-state index contributed by atoms with van der Waals surface area (Å²) in [6.45, 7) is 9.12. The third-order valence-corrected chi connectivity index (χ3v) is 7.42. The summed E-state index contributed by atoms with van der Waals surface area (Å²) in [4.78, 5) is 27.5. The summed E-state index contributed by atoms with van der Waals surface area (Å²) in [6, 6.07) is 12.3. The number of amides is 3. The Morgan fingerprint density at radius 3 is 2.55 bits per heavy atom. The van der Waals surface area contributed by atoms with Crippen molar-refractivity contribution in [2.24, 2.45) is 0 Å². The summed E-state index contributed by atoms with van der Waals surface area (Å²) in [5.41, 5.74) is 2.11. The van der Waals surface area contributed by atoms with Gasteiger partial charge in [0.15, 0.2) is 0 Å². The molecule has 2 aromatic carbocycles. The Bertz CT molecular complexity index is 1440. The monoisotopic (exact) mass is 647 g/mol. The Morgan fingerprint density at radius 1 is 1.11 bits per heavy atom. The summed E-state index contributed by atoms with van der Waals surface area (Å²) < 4.78 is 24.2. The molecule has 11 nitrogen and oxygen atoms in total. The molecule has 1 aliphatic heterocycles. The molecule has 1 aliphatic rings. The van der Waals surface area contributed by atoms with E-state index in [1.54, 1.807) is 35.7 Å². The fourth-order valence-corrected chi connectivity index (χ4v) is 4.93. The molecule has 4 rings (SSSR count). The molecule has 3 amide bonds. The number of aromatic nitrogens is 2. The maximum atomic E-state index is 13.3. The van der Waals surface area contributed by atoms with Crippen LogP contribution in [-0.4, -0.2) is 78.5 Å². The molecule has 2 N–H and O–H groups in total. The van der Waals surface area contributed by atoms with Crippen LogP contribution in [0.4, 0.5) is 21.1 Å². The molecule has 1 fully saturated rings. The Hall–Kier alpha value is -3.51. The van der Waals surface area contributed by atoms with E-state index >= 15 is 0 Å². The van der Waals surface area contributed by atoms with Gasteiger partial charge in [-0.1, -0.05) is 41.4 Å². The average molecular weight is 649 g/mol. The second-order valence-corrected chi connectivity index (χ2v) is 12.2. The summed E-state index contributed by atoms with van der Waals surface area (Å²) >= 11 is 12.5. The number of urea groups is 1. The maximum absolute atomic E-state index is 13.3. The van der Waals surface area contributed by atoms with Crippen molar-refractivity contribution in [3.05, 3.63) is 63.6 Å². The molecule has 0 radical (unpaired) electrons. The van der Waals surface area contributed by atoms with Gasteiger partial charge in [-0.3, -0.25) is 5.32 Å². The summed E-state index contributed by atoms with van der Waals surface area (Å²) in [5, 5.41) is 11.2. The van der Waals surface area contributed by atoms with E-state index in [1.807, 2.05) is 51.1 Å². The van der Waals surface area contributed by atoms with Crippen LogP contribution < -0.4 is 15.4 Å². The molecule has 0 saturated carbocycles. The van der Waals surface area contributed by atoms with Crippen LogP contribution in [0, 0.1) is 6.92 Å². The summed E-state index contributed by atoms with van der Waals surface area (Å²) in [6.07, 6.45) is 0.597. The molecular formula is C31H39Cl2N5O6. The van der Waals surface area contributed by atoms with Gasteiger partial charge in [0.05, 0.1) is 34.4 Å². The van der Waals surface area contributed by atoms with Gasteiger partial charge in [-0.25, -0.2) is 14.3 Å². The van der Waals surface area contributed by atoms with Crippen molar-refractivity contribution in [2.45, 2.75) is 52.2 Å². The van der Waals surface area contributed by atoms with Gasteiger partial charge in [-0.05, 0) is 70.4 Å². The van der Waals surface area contributed by atoms with E-state index in [4.69, 9.17) is 42.1 Å². The normalized spacial score (nSPS) is 15.2. The first-order chi connectivity index (χ1) is 20.9. The van der Waals surface area contributed by atoms with E-state index in [1.165, 1.54) is 0 Å². The van der Waals surface area contributed by atoms with E-state index in [-0.39, 0.29) is 12.7 Å². The van der Waals surface area contributed by atoms with E-state index in [0.29, 0.717) is 65.7 Å². The van der Waals surface area contributed by atoms with E-state index in [9.17, 15) is 9.59 Å². The lowest BCUT2D eigenvalue weighted by Gasteiger charge is -2.34. The molecule has 0 bridgehead atoms. The molecule has 0 spiro atoms. The summed E-state index contributed by atoms with van der Waals surface area (Å²) in [5.74, 6) is 0.738. The highest BCUT2D eigenvalue weighted by molar-refractivity contribution is 6.42. The number of halogens is 2. The van der Waals surface area contributed by atoms with Gasteiger partial charge in [0.2, 0.25) is 5.88 Å². The number of anilines is 2. The van der Waals surface area contributed by atoms with Crippen LogP contribution >= 0.6 is 23.2 Å². The Labute approximate surface area is 267 Å². The van der Waals surface area contributed by atoms with Crippen molar-refractivity contribution in [3.63, 3.8) is 0 Å². The molecule has 3 aromatic rings. The van der Waals surface area contributed by atoms with Gasteiger partial charge in [-0.2, -0.15) is 0 Å². The van der Waals surface area contributed by atoms with Crippen molar-refractivity contribution in [1.82, 2.24) is 14.7 Å². The maximum Gasteiger partial charge on any atom is 0.410 e. The van der Waals surface area contributed by atoms with Crippen LogP contribution in [0.5, 0.6) is 5.88 Å². The zero-order valence-corrected chi connectivity index (χ0v) is 27.1. The number of ether oxygens (including phenoxy) is 4. The Morgan fingerprint density at radius 2 is 1.84 bits per heavy atom. The Balaban J connectivity index is 1.51. The molecule has 238 valence electrons. The minimum atomic E-state index is -0.593. The number of benzene rings is 2. The SMILES string of the molecule is COCCCc1cc(Cl)c(Cl)cc1NC(=O)Nc1c(C)c(OC[C@@H]2CN(C(=O)OC(C)(C)C)CCO2)nn1-c1ccccc1. The first kappa shape index (κ1) is 33.4. The first-order valence-corrected chi connectivity index (χ1v) is 15.1. The molecule has 0 aliphatic carbocycles. The highest BCUT2D eigenvalue weighted by Gasteiger charge is 2.29. The highest BCUT2D eigenvalue weighted by atomic mass is 35.5.